The zero-order valence-corrected chi connectivity index (χ0v) is 23.8. The number of rotatable bonds is 6. The molecular formula is C37H47N2+. The van der Waals surface area contributed by atoms with Crippen LogP contribution < -0.4 is 0 Å². The molecule has 8 fully saturated rings. The highest BCUT2D eigenvalue weighted by atomic mass is 15.3. The van der Waals surface area contributed by atoms with Crippen molar-refractivity contribution in [1.82, 2.24) is 4.90 Å². The van der Waals surface area contributed by atoms with Crippen LogP contribution >= 0.6 is 0 Å². The van der Waals surface area contributed by atoms with Gasteiger partial charge in [0.05, 0.1) is 13.1 Å². The summed E-state index contributed by atoms with van der Waals surface area (Å²) in [6.07, 6.45) is 20.9. The van der Waals surface area contributed by atoms with Crippen molar-refractivity contribution in [3.8, 4) is 0 Å². The van der Waals surface area contributed by atoms with Gasteiger partial charge in [-0.15, -0.1) is 0 Å². The van der Waals surface area contributed by atoms with Crippen molar-refractivity contribution in [2.24, 2.45) is 46.3 Å². The lowest BCUT2D eigenvalue weighted by atomic mass is 9.49. The van der Waals surface area contributed by atoms with Crippen molar-refractivity contribution in [2.75, 3.05) is 13.1 Å². The topological polar surface area (TPSA) is 6.25 Å². The van der Waals surface area contributed by atoms with E-state index in [0.29, 0.717) is 22.9 Å². The Hall–Kier alpha value is -2.09. The van der Waals surface area contributed by atoms with Crippen molar-refractivity contribution in [3.63, 3.8) is 0 Å². The first-order valence-electron chi connectivity index (χ1n) is 16.6. The molecule has 0 N–H and O–H groups in total. The molecule has 0 radical (unpaired) electrons. The summed E-state index contributed by atoms with van der Waals surface area (Å²) in [5.74, 6) is 6.09. The third-order valence-corrected chi connectivity index (χ3v) is 13.0. The Morgan fingerprint density at radius 1 is 0.564 bits per heavy atom. The smallest absolute Gasteiger partial charge is 0.235 e. The summed E-state index contributed by atoms with van der Waals surface area (Å²) in [6.45, 7) is 2.55. The van der Waals surface area contributed by atoms with Gasteiger partial charge in [0, 0.05) is 22.0 Å². The molecule has 0 saturated heterocycles. The minimum atomic E-state index is 0.413. The fourth-order valence-electron chi connectivity index (χ4n) is 12.8. The first kappa shape index (κ1) is 23.6. The number of benzene rings is 2. The van der Waals surface area contributed by atoms with E-state index >= 15 is 0 Å². The molecule has 0 aromatic heterocycles. The molecule has 2 nitrogen and oxygen atoms in total. The van der Waals surface area contributed by atoms with E-state index in [2.05, 4.69) is 76.5 Å². The molecule has 1 aliphatic heterocycles. The fraction of sp³-hybridized carbons (Fsp3) is 0.649. The zero-order chi connectivity index (χ0) is 25.6. The van der Waals surface area contributed by atoms with E-state index in [-0.39, 0.29) is 0 Å². The molecule has 2 heteroatoms. The Kier molecular flexibility index (Phi) is 5.27. The lowest BCUT2D eigenvalue weighted by Gasteiger charge is -2.56. The van der Waals surface area contributed by atoms with Crippen LogP contribution in [0.15, 0.2) is 60.7 Å². The van der Waals surface area contributed by atoms with Crippen LogP contribution in [-0.4, -0.2) is 28.9 Å². The average Bonchev–Trinajstić information content (AvgIpc) is 3.24. The summed E-state index contributed by atoms with van der Waals surface area (Å²) >= 11 is 0. The third-order valence-electron chi connectivity index (χ3n) is 13.0. The molecule has 204 valence electrons. The van der Waals surface area contributed by atoms with Gasteiger partial charge in [0.2, 0.25) is 6.34 Å². The minimum absolute atomic E-state index is 0.413. The van der Waals surface area contributed by atoms with Gasteiger partial charge < -0.3 is 0 Å². The molecule has 39 heavy (non-hydrogen) atoms. The van der Waals surface area contributed by atoms with Gasteiger partial charge in [0.1, 0.15) is 0 Å². The first-order valence-corrected chi connectivity index (χ1v) is 16.6. The quantitative estimate of drug-likeness (QED) is 0.348. The van der Waals surface area contributed by atoms with E-state index in [1.807, 2.05) is 0 Å². The maximum absolute atomic E-state index is 2.89. The molecule has 8 saturated carbocycles. The van der Waals surface area contributed by atoms with E-state index < -0.39 is 0 Å². The van der Waals surface area contributed by atoms with Gasteiger partial charge in [-0.05, 0) is 113 Å². The van der Waals surface area contributed by atoms with Crippen molar-refractivity contribution < 1.29 is 4.58 Å². The summed E-state index contributed by atoms with van der Waals surface area (Å²) < 4.78 is 2.89. The second-order valence-corrected chi connectivity index (χ2v) is 16.0. The molecule has 9 aliphatic rings. The summed E-state index contributed by atoms with van der Waals surface area (Å²) in [5, 5.41) is 0. The normalized spacial score (nSPS) is 45.2. The third kappa shape index (κ3) is 3.98. The van der Waals surface area contributed by atoms with Gasteiger partial charge >= 0.3 is 0 Å². The maximum Gasteiger partial charge on any atom is 0.235 e. The van der Waals surface area contributed by atoms with E-state index in [0.717, 1.165) is 35.5 Å². The maximum atomic E-state index is 2.89. The van der Waals surface area contributed by atoms with Gasteiger partial charge in [0.15, 0.2) is 12.1 Å². The summed E-state index contributed by atoms with van der Waals surface area (Å²) in [7, 11) is 0. The highest BCUT2D eigenvalue weighted by Crippen LogP contribution is 2.62. The van der Waals surface area contributed by atoms with E-state index in [1.165, 1.54) is 101 Å². The van der Waals surface area contributed by atoms with Gasteiger partial charge in [-0.25, -0.2) is 0 Å². The van der Waals surface area contributed by atoms with Crippen LogP contribution in [-0.2, 0) is 0 Å². The van der Waals surface area contributed by atoms with Gasteiger partial charge in [0.25, 0.3) is 0 Å². The Morgan fingerprint density at radius 2 is 1.00 bits per heavy atom. The highest BCUT2D eigenvalue weighted by Gasteiger charge is 2.57. The standard InChI is InChI=1S/C37H47N2/c1-3-7-32(8-4-1)34-35(33-9-5-2-6-10-33)39(24-37-20-29-14-30(21-37)16-31(15-29)22-37)25-38(34)23-36-17-26-11-27(18-36)13-28(12-26)19-36/h1-10,25-31,34-35H,11-24H2/q+1/t26?,27?,28?,29?,30?,31?,34-,35-,36?,37?/m1/s1. The van der Waals surface area contributed by atoms with E-state index in [4.69, 9.17) is 0 Å². The average molecular weight is 520 g/mol. The molecule has 11 rings (SSSR count). The fourth-order valence-corrected chi connectivity index (χ4v) is 12.8. The molecule has 2 aromatic rings. The molecule has 8 aliphatic carbocycles. The SMILES string of the molecule is C1=[N+](CC23CC4CC(CC(C4)C2)C3)[C@H](c2ccccc2)[C@@H](c2ccccc2)N1CC12CC3CC(CC(C3)C1)C2. The Labute approximate surface area is 235 Å². The van der Waals surface area contributed by atoms with Crippen molar-refractivity contribution in [2.45, 2.75) is 89.1 Å². The summed E-state index contributed by atoms with van der Waals surface area (Å²) in [5.41, 5.74) is 4.13. The molecule has 0 amide bonds. The van der Waals surface area contributed by atoms with Crippen LogP contribution in [0.4, 0.5) is 0 Å². The van der Waals surface area contributed by atoms with Crippen molar-refractivity contribution in [1.29, 1.82) is 0 Å². The van der Waals surface area contributed by atoms with Crippen LogP contribution in [0.3, 0.4) is 0 Å². The van der Waals surface area contributed by atoms with Crippen molar-refractivity contribution in [3.05, 3.63) is 71.8 Å². The molecule has 1 heterocycles. The molecule has 0 unspecified atom stereocenters. The van der Waals surface area contributed by atoms with Gasteiger partial charge in [-0.2, -0.15) is 0 Å². The van der Waals surface area contributed by atoms with Crippen LogP contribution in [0.1, 0.15) is 100 Å². The molecular weight excluding hydrogens is 472 g/mol. The monoisotopic (exact) mass is 519 g/mol. The van der Waals surface area contributed by atoms with Gasteiger partial charge in [-0.1, -0.05) is 60.7 Å². The largest absolute Gasteiger partial charge is 0.256 e. The Balaban J connectivity index is 1.11. The second kappa shape index (κ2) is 8.70. The predicted molar refractivity (Wildman–Crippen MR) is 157 cm³/mol. The number of hydrogen-bond donors (Lipinski definition) is 0. The summed E-state index contributed by atoms with van der Waals surface area (Å²) in [4.78, 5) is 2.89. The summed E-state index contributed by atoms with van der Waals surface area (Å²) in [6, 6.07) is 24.1. The molecule has 8 bridgehead atoms. The number of hydrogen-bond acceptors (Lipinski definition) is 1. The molecule has 0 spiro atoms. The number of nitrogens with zero attached hydrogens (tertiary/aromatic N) is 2. The van der Waals surface area contributed by atoms with E-state index in [1.54, 1.807) is 0 Å². The lowest BCUT2D eigenvalue weighted by Crippen LogP contribution is -2.51. The Bertz CT molecular complexity index is 1170. The molecule has 2 aromatic carbocycles. The van der Waals surface area contributed by atoms with Crippen LogP contribution in [0.25, 0.3) is 0 Å². The second-order valence-electron chi connectivity index (χ2n) is 16.0. The highest BCUT2D eigenvalue weighted by molar-refractivity contribution is 5.54. The zero-order valence-electron chi connectivity index (χ0n) is 23.8. The minimum Gasteiger partial charge on any atom is -0.256 e. The van der Waals surface area contributed by atoms with Crippen LogP contribution in [0.5, 0.6) is 0 Å². The first-order chi connectivity index (χ1) is 19.1. The van der Waals surface area contributed by atoms with Gasteiger partial charge in [-0.3, -0.25) is 9.48 Å². The predicted octanol–water partition coefficient (Wildman–Crippen LogP) is 8.26. The van der Waals surface area contributed by atoms with E-state index in [9.17, 15) is 0 Å². The van der Waals surface area contributed by atoms with Crippen LogP contribution in [0, 0.1) is 46.3 Å². The molecule has 2 atom stereocenters. The van der Waals surface area contributed by atoms with Crippen molar-refractivity contribution >= 4 is 6.34 Å². The lowest BCUT2D eigenvalue weighted by molar-refractivity contribution is -0.580. The Morgan fingerprint density at radius 3 is 1.49 bits per heavy atom. The van der Waals surface area contributed by atoms with Crippen LogP contribution in [0.2, 0.25) is 0 Å².